The van der Waals surface area contributed by atoms with Crippen LogP contribution in [0.5, 0.6) is 0 Å². The second-order valence-corrected chi connectivity index (χ2v) is 3.44. The Balaban J connectivity index is 2.30. The molecule has 0 radical (unpaired) electrons. The highest BCUT2D eigenvalue weighted by atomic mass is 16.2. The molecular weight excluding hydrogens is 192 g/mol. The summed E-state index contributed by atoms with van der Waals surface area (Å²) in [5, 5.41) is 2.26. The molecule has 1 aromatic heterocycles. The molecule has 1 fully saturated rings. The van der Waals surface area contributed by atoms with Crippen molar-refractivity contribution in [2.75, 3.05) is 0 Å². The molecule has 0 bridgehead atoms. The maximum atomic E-state index is 11.3. The SMILES string of the molecule is CCn1cccc1C=C1CC(=O)NC1=O. The predicted octanol–water partition coefficient (Wildman–Crippen LogP) is 0.938. The number of aryl methyl sites for hydroxylation is 1. The van der Waals surface area contributed by atoms with Crippen LogP contribution >= 0.6 is 0 Å². The number of imide groups is 1. The molecule has 78 valence electrons. The fourth-order valence-corrected chi connectivity index (χ4v) is 1.65. The smallest absolute Gasteiger partial charge is 0.254 e. The fraction of sp³-hybridized carbons (Fsp3) is 0.273. The summed E-state index contributed by atoms with van der Waals surface area (Å²) in [6, 6.07) is 3.84. The van der Waals surface area contributed by atoms with Gasteiger partial charge in [-0.3, -0.25) is 14.9 Å². The lowest BCUT2D eigenvalue weighted by Crippen LogP contribution is -2.19. The van der Waals surface area contributed by atoms with E-state index in [2.05, 4.69) is 5.32 Å². The highest BCUT2D eigenvalue weighted by molar-refractivity contribution is 6.15. The van der Waals surface area contributed by atoms with E-state index in [1.165, 1.54) is 0 Å². The molecule has 15 heavy (non-hydrogen) atoms. The normalized spacial score (nSPS) is 18.6. The number of hydrogen-bond acceptors (Lipinski definition) is 2. The molecule has 2 amide bonds. The molecule has 0 aliphatic carbocycles. The van der Waals surface area contributed by atoms with E-state index in [-0.39, 0.29) is 18.2 Å². The van der Waals surface area contributed by atoms with Gasteiger partial charge in [-0.2, -0.15) is 0 Å². The lowest BCUT2D eigenvalue weighted by Gasteiger charge is -2.01. The van der Waals surface area contributed by atoms with Gasteiger partial charge in [0.1, 0.15) is 0 Å². The quantitative estimate of drug-likeness (QED) is 0.575. The molecule has 0 spiro atoms. The first kappa shape index (κ1) is 9.71. The predicted molar refractivity (Wildman–Crippen MR) is 55.8 cm³/mol. The second-order valence-electron chi connectivity index (χ2n) is 3.44. The van der Waals surface area contributed by atoms with Crippen molar-refractivity contribution in [1.29, 1.82) is 0 Å². The summed E-state index contributed by atoms with van der Waals surface area (Å²) < 4.78 is 2.02. The number of carbonyl (C=O) groups is 2. The van der Waals surface area contributed by atoms with E-state index in [1.807, 2.05) is 29.8 Å². The minimum Gasteiger partial charge on any atom is -0.348 e. The Labute approximate surface area is 87.6 Å². The summed E-state index contributed by atoms with van der Waals surface area (Å²) in [5.74, 6) is -0.496. The van der Waals surface area contributed by atoms with Crippen molar-refractivity contribution < 1.29 is 9.59 Å². The van der Waals surface area contributed by atoms with Gasteiger partial charge in [-0.15, -0.1) is 0 Å². The molecule has 0 unspecified atom stereocenters. The molecule has 1 aliphatic heterocycles. The Morgan fingerprint density at radius 3 is 2.93 bits per heavy atom. The van der Waals surface area contributed by atoms with Gasteiger partial charge in [-0.05, 0) is 25.1 Å². The first-order chi connectivity index (χ1) is 7.20. The van der Waals surface area contributed by atoms with Gasteiger partial charge in [-0.25, -0.2) is 0 Å². The van der Waals surface area contributed by atoms with Crippen LogP contribution in [0.3, 0.4) is 0 Å². The highest BCUT2D eigenvalue weighted by Gasteiger charge is 2.23. The number of nitrogens with one attached hydrogen (secondary N) is 1. The van der Waals surface area contributed by atoms with Crippen LogP contribution in [0.25, 0.3) is 6.08 Å². The second kappa shape index (κ2) is 3.73. The Hall–Kier alpha value is -1.84. The van der Waals surface area contributed by atoms with Crippen LogP contribution in [-0.2, 0) is 16.1 Å². The van der Waals surface area contributed by atoms with Crippen molar-refractivity contribution in [3.05, 3.63) is 29.6 Å². The summed E-state index contributed by atoms with van der Waals surface area (Å²) in [5.41, 5.74) is 1.49. The largest absolute Gasteiger partial charge is 0.348 e. The van der Waals surface area contributed by atoms with Crippen molar-refractivity contribution in [2.45, 2.75) is 19.9 Å². The molecule has 0 atom stereocenters. The van der Waals surface area contributed by atoms with Gasteiger partial charge >= 0.3 is 0 Å². The standard InChI is InChI=1S/C11H12N2O2/c1-2-13-5-3-4-9(13)6-8-7-10(14)12-11(8)15/h3-6H,2,7H2,1H3,(H,12,14,15). The molecule has 2 rings (SSSR count). The van der Waals surface area contributed by atoms with Gasteiger partial charge in [0.25, 0.3) is 5.91 Å². The van der Waals surface area contributed by atoms with Crippen LogP contribution in [0, 0.1) is 0 Å². The molecule has 1 aromatic rings. The molecule has 4 heteroatoms. The van der Waals surface area contributed by atoms with E-state index in [0.717, 1.165) is 12.2 Å². The lowest BCUT2D eigenvalue weighted by atomic mass is 10.2. The monoisotopic (exact) mass is 204 g/mol. The maximum absolute atomic E-state index is 11.3. The van der Waals surface area contributed by atoms with E-state index in [0.29, 0.717) is 5.57 Å². The molecule has 1 saturated heterocycles. The summed E-state index contributed by atoms with van der Waals surface area (Å²) in [6.45, 7) is 2.88. The van der Waals surface area contributed by atoms with E-state index >= 15 is 0 Å². The number of carbonyl (C=O) groups excluding carboxylic acids is 2. The van der Waals surface area contributed by atoms with Crippen molar-refractivity contribution in [1.82, 2.24) is 9.88 Å². The number of aromatic nitrogens is 1. The summed E-state index contributed by atoms with van der Waals surface area (Å²) in [6.07, 6.45) is 3.90. The van der Waals surface area contributed by atoms with Crippen LogP contribution < -0.4 is 5.32 Å². The highest BCUT2D eigenvalue weighted by Crippen LogP contribution is 2.15. The number of rotatable bonds is 2. The van der Waals surface area contributed by atoms with Crippen LogP contribution in [0.15, 0.2) is 23.9 Å². The average molecular weight is 204 g/mol. The lowest BCUT2D eigenvalue weighted by molar-refractivity contribution is -0.124. The number of hydrogen-bond donors (Lipinski definition) is 1. The summed E-state index contributed by atoms with van der Waals surface area (Å²) >= 11 is 0. The molecule has 0 aromatic carbocycles. The van der Waals surface area contributed by atoms with Crippen LogP contribution in [-0.4, -0.2) is 16.4 Å². The van der Waals surface area contributed by atoms with Crippen LogP contribution in [0.1, 0.15) is 19.0 Å². The molecular formula is C11H12N2O2. The van der Waals surface area contributed by atoms with Crippen molar-refractivity contribution in [3.8, 4) is 0 Å². The fourth-order valence-electron chi connectivity index (χ4n) is 1.65. The Morgan fingerprint density at radius 2 is 2.33 bits per heavy atom. The topological polar surface area (TPSA) is 51.1 Å². The van der Waals surface area contributed by atoms with Gasteiger partial charge in [0.05, 0.1) is 6.42 Å². The first-order valence-corrected chi connectivity index (χ1v) is 4.90. The van der Waals surface area contributed by atoms with E-state index in [1.54, 1.807) is 6.08 Å². The van der Waals surface area contributed by atoms with Crippen LogP contribution in [0.4, 0.5) is 0 Å². The first-order valence-electron chi connectivity index (χ1n) is 4.90. The third kappa shape index (κ3) is 1.83. The molecule has 4 nitrogen and oxygen atoms in total. The third-order valence-electron chi connectivity index (χ3n) is 2.42. The van der Waals surface area contributed by atoms with E-state index in [4.69, 9.17) is 0 Å². The average Bonchev–Trinajstić information content (AvgIpc) is 2.74. The minimum absolute atomic E-state index is 0.188. The zero-order valence-electron chi connectivity index (χ0n) is 8.49. The number of amides is 2. The zero-order valence-corrected chi connectivity index (χ0v) is 8.49. The third-order valence-corrected chi connectivity index (χ3v) is 2.42. The Bertz CT molecular complexity index is 443. The minimum atomic E-state index is -0.274. The molecule has 2 heterocycles. The number of nitrogens with zero attached hydrogens (tertiary/aromatic N) is 1. The van der Waals surface area contributed by atoms with Gasteiger partial charge < -0.3 is 4.57 Å². The maximum Gasteiger partial charge on any atom is 0.254 e. The van der Waals surface area contributed by atoms with Gasteiger partial charge in [-0.1, -0.05) is 0 Å². The van der Waals surface area contributed by atoms with Crippen molar-refractivity contribution in [2.24, 2.45) is 0 Å². The summed E-state index contributed by atoms with van der Waals surface area (Å²) in [7, 11) is 0. The molecule has 0 saturated carbocycles. The van der Waals surface area contributed by atoms with Crippen molar-refractivity contribution >= 4 is 17.9 Å². The van der Waals surface area contributed by atoms with Crippen molar-refractivity contribution in [3.63, 3.8) is 0 Å². The molecule has 1 N–H and O–H groups in total. The zero-order chi connectivity index (χ0) is 10.8. The van der Waals surface area contributed by atoms with Gasteiger partial charge in [0, 0.05) is 24.0 Å². The van der Waals surface area contributed by atoms with E-state index in [9.17, 15) is 9.59 Å². The molecule has 1 aliphatic rings. The van der Waals surface area contributed by atoms with Crippen LogP contribution in [0.2, 0.25) is 0 Å². The summed E-state index contributed by atoms with van der Waals surface area (Å²) in [4.78, 5) is 22.3. The van der Waals surface area contributed by atoms with Gasteiger partial charge in [0.2, 0.25) is 5.91 Å². The van der Waals surface area contributed by atoms with E-state index < -0.39 is 0 Å². The Morgan fingerprint density at radius 1 is 1.53 bits per heavy atom. The van der Waals surface area contributed by atoms with Gasteiger partial charge in [0.15, 0.2) is 0 Å². The Kier molecular flexibility index (Phi) is 2.41.